The monoisotopic (exact) mass is 421 g/mol. The second-order valence-corrected chi connectivity index (χ2v) is 4.27. The molecule has 1 amide bonds. The summed E-state index contributed by atoms with van der Waals surface area (Å²) in [6, 6.07) is 3.46. The summed E-state index contributed by atoms with van der Waals surface area (Å²) in [5.74, 6) is 0.578. The number of guanidine groups is 1. The molecule has 0 aromatic carbocycles. The van der Waals surface area contributed by atoms with E-state index >= 15 is 0 Å². The van der Waals surface area contributed by atoms with Gasteiger partial charge in [0.1, 0.15) is 0 Å². The summed E-state index contributed by atoms with van der Waals surface area (Å²) in [5.41, 5.74) is 0.555. The average molecular weight is 421 g/mol. The van der Waals surface area contributed by atoms with Crippen LogP contribution in [0, 0.1) is 0 Å². The van der Waals surface area contributed by atoms with E-state index in [-0.39, 0.29) is 29.9 Å². The maximum Gasteiger partial charge on any atom is 0.252 e. The van der Waals surface area contributed by atoms with E-state index in [1.165, 1.54) is 0 Å². The number of pyridine rings is 1. The lowest BCUT2D eigenvalue weighted by atomic mass is 10.3. The largest absolute Gasteiger partial charge is 0.385 e. The number of ether oxygens (including phenoxy) is 1. The zero-order chi connectivity index (χ0) is 15.3. The molecule has 0 aliphatic heterocycles. The summed E-state index contributed by atoms with van der Waals surface area (Å²) >= 11 is 0. The molecule has 22 heavy (non-hydrogen) atoms. The van der Waals surface area contributed by atoms with Crippen molar-refractivity contribution in [2.45, 2.75) is 6.42 Å². The van der Waals surface area contributed by atoms with Crippen LogP contribution in [0.3, 0.4) is 0 Å². The molecule has 7 nitrogen and oxygen atoms in total. The first-order valence-electron chi connectivity index (χ1n) is 6.89. The first-order valence-corrected chi connectivity index (χ1v) is 6.89. The maximum atomic E-state index is 11.8. The molecule has 0 spiro atoms. The Labute approximate surface area is 148 Å². The number of hydrogen-bond acceptors (Lipinski definition) is 4. The van der Waals surface area contributed by atoms with Gasteiger partial charge >= 0.3 is 0 Å². The third-order valence-electron chi connectivity index (χ3n) is 2.67. The summed E-state index contributed by atoms with van der Waals surface area (Å²) in [6.07, 6.45) is 4.09. The molecular weight excluding hydrogens is 397 g/mol. The number of methoxy groups -OCH3 is 1. The Morgan fingerprint density at radius 1 is 1.27 bits per heavy atom. The van der Waals surface area contributed by atoms with Gasteiger partial charge in [-0.15, -0.1) is 24.0 Å². The molecular formula is C14H24IN5O2. The van der Waals surface area contributed by atoms with Crippen LogP contribution in [0.5, 0.6) is 0 Å². The summed E-state index contributed by atoms with van der Waals surface area (Å²) in [7, 11) is 3.39. The SMILES string of the molecule is CN=C(NCCCOC)NCCNC(=O)c1cccnc1.I. The number of carbonyl (C=O) groups excluding carboxylic acids is 1. The molecule has 0 saturated heterocycles. The van der Waals surface area contributed by atoms with Gasteiger partial charge in [-0.1, -0.05) is 0 Å². The van der Waals surface area contributed by atoms with Gasteiger partial charge in [-0.25, -0.2) is 0 Å². The fourth-order valence-electron chi connectivity index (χ4n) is 1.60. The van der Waals surface area contributed by atoms with Crippen LogP contribution in [0.25, 0.3) is 0 Å². The van der Waals surface area contributed by atoms with E-state index in [1.807, 2.05) is 0 Å². The van der Waals surface area contributed by atoms with Gasteiger partial charge in [0.15, 0.2) is 5.96 Å². The van der Waals surface area contributed by atoms with Crippen molar-refractivity contribution in [2.75, 3.05) is 40.4 Å². The van der Waals surface area contributed by atoms with Crippen LogP contribution in [-0.2, 0) is 4.74 Å². The predicted molar refractivity (Wildman–Crippen MR) is 97.8 cm³/mol. The van der Waals surface area contributed by atoms with E-state index in [0.29, 0.717) is 31.2 Å². The summed E-state index contributed by atoms with van der Waals surface area (Å²) in [4.78, 5) is 19.8. The van der Waals surface area contributed by atoms with Crippen molar-refractivity contribution in [3.63, 3.8) is 0 Å². The smallest absolute Gasteiger partial charge is 0.252 e. The highest BCUT2D eigenvalue weighted by molar-refractivity contribution is 14.0. The third-order valence-corrected chi connectivity index (χ3v) is 2.67. The fourth-order valence-corrected chi connectivity index (χ4v) is 1.60. The normalized spacial score (nSPS) is 10.5. The van der Waals surface area contributed by atoms with Gasteiger partial charge in [-0.05, 0) is 18.6 Å². The number of amides is 1. The first-order chi connectivity index (χ1) is 10.3. The number of nitrogens with zero attached hydrogens (tertiary/aromatic N) is 2. The number of nitrogens with one attached hydrogen (secondary N) is 3. The molecule has 1 aromatic heterocycles. The molecule has 0 atom stereocenters. The van der Waals surface area contributed by atoms with Gasteiger partial charge in [0, 0.05) is 52.8 Å². The molecule has 8 heteroatoms. The Morgan fingerprint density at radius 2 is 2.00 bits per heavy atom. The van der Waals surface area contributed by atoms with Gasteiger partial charge in [0.05, 0.1) is 5.56 Å². The minimum Gasteiger partial charge on any atom is -0.385 e. The van der Waals surface area contributed by atoms with Crippen molar-refractivity contribution in [1.29, 1.82) is 0 Å². The van der Waals surface area contributed by atoms with E-state index in [4.69, 9.17) is 4.74 Å². The van der Waals surface area contributed by atoms with E-state index in [2.05, 4.69) is 25.9 Å². The Kier molecular flexibility index (Phi) is 12.4. The first kappa shape index (κ1) is 20.6. The van der Waals surface area contributed by atoms with Gasteiger partial charge in [-0.2, -0.15) is 0 Å². The van der Waals surface area contributed by atoms with Crippen molar-refractivity contribution >= 4 is 35.8 Å². The number of aromatic nitrogens is 1. The second kappa shape index (κ2) is 13.3. The summed E-state index contributed by atoms with van der Waals surface area (Å²) in [5, 5.41) is 9.09. The minimum atomic E-state index is -0.132. The van der Waals surface area contributed by atoms with Gasteiger partial charge in [-0.3, -0.25) is 14.8 Å². The number of carbonyl (C=O) groups is 1. The molecule has 1 rings (SSSR count). The van der Waals surface area contributed by atoms with Crippen LogP contribution >= 0.6 is 24.0 Å². The standard InChI is InChI=1S/C14H23N5O2.HI/c1-15-14(18-7-4-10-21-2)19-9-8-17-13(20)12-5-3-6-16-11-12;/h3,5-6,11H,4,7-10H2,1-2H3,(H,17,20)(H2,15,18,19);1H. The van der Waals surface area contributed by atoms with Crippen molar-refractivity contribution in [3.05, 3.63) is 30.1 Å². The molecule has 3 N–H and O–H groups in total. The lowest BCUT2D eigenvalue weighted by molar-refractivity contribution is 0.0954. The molecule has 0 saturated carbocycles. The Morgan fingerprint density at radius 3 is 2.64 bits per heavy atom. The number of hydrogen-bond donors (Lipinski definition) is 3. The molecule has 0 aliphatic carbocycles. The van der Waals surface area contributed by atoms with Crippen LogP contribution in [0.2, 0.25) is 0 Å². The molecule has 124 valence electrons. The van der Waals surface area contributed by atoms with Crippen molar-refractivity contribution < 1.29 is 9.53 Å². The zero-order valence-corrected chi connectivity index (χ0v) is 15.3. The molecule has 1 heterocycles. The molecule has 1 aromatic rings. The summed E-state index contributed by atoms with van der Waals surface area (Å²) in [6.45, 7) is 2.60. The third kappa shape index (κ3) is 8.78. The van der Waals surface area contributed by atoms with Crippen molar-refractivity contribution in [2.24, 2.45) is 4.99 Å². The lowest BCUT2D eigenvalue weighted by Gasteiger charge is -2.12. The average Bonchev–Trinajstić information content (AvgIpc) is 2.54. The zero-order valence-electron chi connectivity index (χ0n) is 13.0. The van der Waals surface area contributed by atoms with Crippen LogP contribution in [0.1, 0.15) is 16.8 Å². The van der Waals surface area contributed by atoms with Crippen molar-refractivity contribution in [3.8, 4) is 0 Å². The molecule has 0 aliphatic rings. The van der Waals surface area contributed by atoms with Crippen molar-refractivity contribution in [1.82, 2.24) is 20.9 Å². The quantitative estimate of drug-likeness (QED) is 0.248. The lowest BCUT2D eigenvalue weighted by Crippen LogP contribution is -2.42. The number of rotatable bonds is 8. The predicted octanol–water partition coefficient (Wildman–Crippen LogP) is 0.631. The Hall–Kier alpha value is -1.42. The van der Waals surface area contributed by atoms with E-state index < -0.39 is 0 Å². The van der Waals surface area contributed by atoms with Crippen LogP contribution < -0.4 is 16.0 Å². The number of aliphatic imine (C=N–C) groups is 1. The minimum absolute atomic E-state index is 0. The Bertz CT molecular complexity index is 442. The van der Waals surface area contributed by atoms with E-state index in [9.17, 15) is 4.79 Å². The summed E-state index contributed by atoms with van der Waals surface area (Å²) < 4.78 is 4.97. The van der Waals surface area contributed by atoms with Gasteiger partial charge in [0.2, 0.25) is 0 Å². The van der Waals surface area contributed by atoms with E-state index in [1.54, 1.807) is 38.7 Å². The van der Waals surface area contributed by atoms with Gasteiger partial charge in [0.25, 0.3) is 5.91 Å². The topological polar surface area (TPSA) is 87.6 Å². The fraction of sp³-hybridized carbons (Fsp3) is 0.500. The van der Waals surface area contributed by atoms with Gasteiger partial charge < -0.3 is 20.7 Å². The Balaban J connectivity index is 0.00000441. The van der Waals surface area contributed by atoms with Crippen LogP contribution in [0.15, 0.2) is 29.5 Å². The highest BCUT2D eigenvalue weighted by Crippen LogP contribution is 1.94. The maximum absolute atomic E-state index is 11.8. The molecule has 0 radical (unpaired) electrons. The molecule has 0 unspecified atom stereocenters. The van der Waals surface area contributed by atoms with Crippen LogP contribution in [0.4, 0.5) is 0 Å². The number of halogens is 1. The van der Waals surface area contributed by atoms with Crippen LogP contribution in [-0.4, -0.2) is 57.2 Å². The molecule has 0 bridgehead atoms. The highest BCUT2D eigenvalue weighted by Gasteiger charge is 2.03. The second-order valence-electron chi connectivity index (χ2n) is 4.27. The van der Waals surface area contributed by atoms with E-state index in [0.717, 1.165) is 13.0 Å². The highest BCUT2D eigenvalue weighted by atomic mass is 127. The molecule has 0 fully saturated rings.